The molecule has 3 aromatic carbocycles. The number of carbonyl (C=O) groups is 1. The van der Waals surface area contributed by atoms with Crippen LogP contribution in [0.5, 0.6) is 23.1 Å². The summed E-state index contributed by atoms with van der Waals surface area (Å²) in [5.41, 5.74) is 6.11. The highest BCUT2D eigenvalue weighted by atomic mass is 35.5. The molecule has 1 unspecified atom stereocenters. The Balaban J connectivity index is 1.10. The summed E-state index contributed by atoms with van der Waals surface area (Å²) in [5, 5.41) is 11.9. The quantitative estimate of drug-likeness (QED) is 0.0932. The van der Waals surface area contributed by atoms with Crippen molar-refractivity contribution in [1.29, 1.82) is 0 Å². The van der Waals surface area contributed by atoms with E-state index in [1.54, 1.807) is 38.7 Å². The maximum atomic E-state index is 13.1. The maximum Gasteiger partial charge on any atom is 0.345 e. The highest BCUT2D eigenvalue weighted by molar-refractivity contribution is 7.13. The number of likely N-dealkylation sites (N-methyl/N-ethyl adjacent to an activating group) is 1. The van der Waals surface area contributed by atoms with Crippen LogP contribution in [-0.4, -0.2) is 107 Å². The summed E-state index contributed by atoms with van der Waals surface area (Å²) in [6, 6.07) is 24.4. The number of aliphatic carboxylic acids is 1. The second-order valence-corrected chi connectivity index (χ2v) is 17.1. The van der Waals surface area contributed by atoms with Gasteiger partial charge in [0.1, 0.15) is 36.2 Å². The van der Waals surface area contributed by atoms with Gasteiger partial charge in [-0.25, -0.2) is 14.8 Å². The van der Waals surface area contributed by atoms with E-state index < -0.39 is 12.1 Å². The van der Waals surface area contributed by atoms with Crippen molar-refractivity contribution >= 4 is 44.8 Å². The van der Waals surface area contributed by atoms with Crippen LogP contribution in [0.2, 0.25) is 0 Å². The minimum absolute atomic E-state index is 0.00786. The Bertz CT molecular complexity index is 2700. The molecule has 8 rings (SSSR count). The van der Waals surface area contributed by atoms with Crippen molar-refractivity contribution in [1.82, 2.24) is 29.1 Å². The van der Waals surface area contributed by atoms with Gasteiger partial charge in [-0.1, -0.05) is 61.0 Å². The van der Waals surface area contributed by atoms with Crippen LogP contribution in [0.25, 0.3) is 38.3 Å². The first-order chi connectivity index (χ1) is 31.1. The van der Waals surface area contributed by atoms with Crippen molar-refractivity contribution in [2.24, 2.45) is 5.92 Å². The van der Waals surface area contributed by atoms with E-state index >= 15 is 0 Å². The standard InChI is InChI=1S/C49H51ClN6O7S/c1-30-25-37(31(2)44(50)46(30)61-24-23-56-21-19-55(3)20-22-56)42-43-41(28-52-45(42)33-12-10-13-35(26-33)59-4)64-54-48(43)63-40(49(57)58)27-32-11-6-8-15-38(32)62-29-34-17-18-51-47(53-34)36-14-7-9-16-39(36)60-5/h6-18,26,28,30,40H,19-25,27,29H2,1-5H3,(H,57,58)/t30?,40-/m1/s1. The first-order valence-electron chi connectivity index (χ1n) is 21.2. The van der Waals surface area contributed by atoms with Gasteiger partial charge in [0.2, 0.25) is 12.0 Å². The molecule has 0 spiro atoms. The first-order valence-corrected chi connectivity index (χ1v) is 22.4. The number of carboxylic acid groups (broad SMARTS) is 1. The lowest BCUT2D eigenvalue weighted by Crippen LogP contribution is -2.45. The van der Waals surface area contributed by atoms with E-state index in [1.165, 1.54) is 11.5 Å². The molecular formula is C49H51ClN6O7S. The SMILES string of the molecule is COc1cccc(-c2ncc3snc(O[C@H](Cc4ccccc4OCc4ccnc(-c5ccccc5OC)n4)C(=O)O)c3c2C2=C(C)C(Cl)=C(OCCN3CCN(C)CC3)C(C)C2)c1. The molecule has 332 valence electrons. The van der Waals surface area contributed by atoms with Crippen LogP contribution >= 0.6 is 23.1 Å². The smallest absolute Gasteiger partial charge is 0.345 e. The maximum absolute atomic E-state index is 13.1. The molecule has 0 amide bonds. The van der Waals surface area contributed by atoms with Crippen molar-refractivity contribution in [3.05, 3.63) is 124 Å². The topological polar surface area (TPSA) is 141 Å². The van der Waals surface area contributed by atoms with Crippen LogP contribution in [0.4, 0.5) is 0 Å². The summed E-state index contributed by atoms with van der Waals surface area (Å²) in [5.74, 6) is 2.09. The monoisotopic (exact) mass is 902 g/mol. The van der Waals surface area contributed by atoms with Gasteiger partial charge < -0.3 is 33.7 Å². The van der Waals surface area contributed by atoms with Crippen LogP contribution in [0.3, 0.4) is 0 Å². The summed E-state index contributed by atoms with van der Waals surface area (Å²) in [6.07, 6.45) is 2.70. The minimum Gasteiger partial charge on any atom is -0.497 e. The second kappa shape index (κ2) is 20.2. The Labute approximate surface area is 382 Å². The number of piperazine rings is 1. The van der Waals surface area contributed by atoms with E-state index in [0.29, 0.717) is 63.5 Å². The second-order valence-electron chi connectivity index (χ2n) is 15.9. The average molecular weight is 904 g/mol. The molecule has 0 radical (unpaired) electrons. The number of benzene rings is 3. The van der Waals surface area contributed by atoms with Crippen LogP contribution in [0.15, 0.2) is 108 Å². The Morgan fingerprint density at radius 1 is 0.953 bits per heavy atom. The van der Waals surface area contributed by atoms with Gasteiger partial charge >= 0.3 is 5.97 Å². The molecule has 0 bridgehead atoms. The number of hydrogen-bond donors (Lipinski definition) is 1. The molecule has 13 nitrogen and oxygen atoms in total. The number of pyridine rings is 1. The molecule has 0 saturated carbocycles. The number of halogens is 1. The molecule has 4 heterocycles. The third-order valence-corrected chi connectivity index (χ3v) is 12.9. The number of para-hydroxylation sites is 2. The number of allylic oxidation sites excluding steroid dienone is 4. The Morgan fingerprint density at radius 2 is 1.73 bits per heavy atom. The molecule has 15 heteroatoms. The number of aromatic nitrogens is 4. The van der Waals surface area contributed by atoms with E-state index in [4.69, 9.17) is 49.6 Å². The zero-order valence-electron chi connectivity index (χ0n) is 36.5. The third kappa shape index (κ3) is 9.85. The van der Waals surface area contributed by atoms with Crippen LogP contribution in [0, 0.1) is 5.92 Å². The third-order valence-electron chi connectivity index (χ3n) is 11.7. The van der Waals surface area contributed by atoms with Gasteiger partial charge in [0.05, 0.1) is 46.3 Å². The summed E-state index contributed by atoms with van der Waals surface area (Å²) in [6.45, 7) is 9.69. The van der Waals surface area contributed by atoms with Crippen molar-refractivity contribution in [2.75, 3.05) is 60.6 Å². The molecule has 6 aromatic rings. The highest BCUT2D eigenvalue weighted by Gasteiger charge is 2.32. The van der Waals surface area contributed by atoms with Gasteiger partial charge in [0.15, 0.2) is 5.82 Å². The number of carboxylic acids is 1. The minimum atomic E-state index is -1.32. The van der Waals surface area contributed by atoms with Gasteiger partial charge in [0.25, 0.3) is 0 Å². The molecule has 3 aromatic heterocycles. The largest absolute Gasteiger partial charge is 0.497 e. The Hall–Kier alpha value is -6.06. The van der Waals surface area contributed by atoms with Crippen molar-refractivity contribution in [3.63, 3.8) is 0 Å². The van der Waals surface area contributed by atoms with E-state index in [1.807, 2.05) is 73.7 Å². The van der Waals surface area contributed by atoms with Crippen molar-refractivity contribution in [2.45, 2.75) is 39.4 Å². The molecule has 1 N–H and O–H groups in total. The lowest BCUT2D eigenvalue weighted by molar-refractivity contribution is -0.145. The van der Waals surface area contributed by atoms with E-state index in [2.05, 4.69) is 28.8 Å². The normalized spacial score (nSPS) is 16.5. The lowest BCUT2D eigenvalue weighted by atomic mass is 9.83. The molecule has 64 heavy (non-hydrogen) atoms. The lowest BCUT2D eigenvalue weighted by Gasteiger charge is -2.33. The van der Waals surface area contributed by atoms with Gasteiger partial charge in [0, 0.05) is 68.6 Å². The summed E-state index contributed by atoms with van der Waals surface area (Å²) >= 11 is 8.46. The fourth-order valence-electron chi connectivity index (χ4n) is 8.13. The Morgan fingerprint density at radius 3 is 2.52 bits per heavy atom. The summed E-state index contributed by atoms with van der Waals surface area (Å²) < 4.78 is 35.9. The van der Waals surface area contributed by atoms with E-state index in [-0.39, 0.29) is 24.8 Å². The molecule has 1 aliphatic carbocycles. The molecule has 2 aliphatic rings. The molecule has 2 atom stereocenters. The number of methoxy groups -OCH3 is 2. The van der Waals surface area contributed by atoms with Gasteiger partial charge in [-0.15, -0.1) is 0 Å². The zero-order chi connectivity index (χ0) is 44.7. The fourth-order valence-corrected chi connectivity index (χ4v) is 9.18. The fraction of sp³-hybridized carbons (Fsp3) is 0.327. The molecule has 1 fully saturated rings. The van der Waals surface area contributed by atoms with E-state index in [0.717, 1.165) is 71.0 Å². The van der Waals surface area contributed by atoms with Gasteiger partial charge in [-0.05, 0) is 85.0 Å². The number of fused-ring (bicyclic) bond motifs is 1. The molecule has 1 saturated heterocycles. The molecular weight excluding hydrogens is 852 g/mol. The van der Waals surface area contributed by atoms with Crippen LogP contribution in [-0.2, 0) is 22.6 Å². The van der Waals surface area contributed by atoms with E-state index in [9.17, 15) is 9.90 Å². The predicted octanol–water partition coefficient (Wildman–Crippen LogP) is 9.01. The highest BCUT2D eigenvalue weighted by Crippen LogP contribution is 2.48. The number of hydrogen-bond acceptors (Lipinski definition) is 13. The first kappa shape index (κ1) is 44.5. The predicted molar refractivity (Wildman–Crippen MR) is 249 cm³/mol. The van der Waals surface area contributed by atoms with Gasteiger partial charge in [-0.3, -0.25) is 9.88 Å². The zero-order valence-corrected chi connectivity index (χ0v) is 38.1. The van der Waals surface area contributed by atoms with Crippen LogP contribution < -0.4 is 18.9 Å². The molecule has 1 aliphatic heterocycles. The van der Waals surface area contributed by atoms with Crippen molar-refractivity contribution < 1.29 is 33.6 Å². The van der Waals surface area contributed by atoms with Crippen LogP contribution in [0.1, 0.15) is 37.1 Å². The van der Waals surface area contributed by atoms with Gasteiger partial charge in [-0.2, -0.15) is 4.37 Å². The summed E-state index contributed by atoms with van der Waals surface area (Å²) in [4.78, 5) is 32.0. The average Bonchev–Trinajstić information content (AvgIpc) is 3.73. The number of ether oxygens (including phenoxy) is 5. The van der Waals surface area contributed by atoms with Crippen molar-refractivity contribution in [3.8, 4) is 45.8 Å². The summed E-state index contributed by atoms with van der Waals surface area (Å²) in [7, 11) is 5.38. The number of rotatable bonds is 17. The number of nitrogens with zero attached hydrogens (tertiary/aromatic N) is 6. The Kier molecular flexibility index (Phi) is 14.1.